The van der Waals surface area contributed by atoms with Crippen molar-refractivity contribution < 1.29 is 9.32 Å². The Morgan fingerprint density at radius 3 is 2.79 bits per heavy atom. The molecule has 1 aliphatic carbocycles. The van der Waals surface area contributed by atoms with Crippen LogP contribution in [0.15, 0.2) is 40.0 Å². The fourth-order valence-electron chi connectivity index (χ4n) is 3.54. The van der Waals surface area contributed by atoms with Gasteiger partial charge in [-0.3, -0.25) is 14.6 Å². The summed E-state index contributed by atoms with van der Waals surface area (Å²) in [6.45, 7) is 0.528. The molecule has 1 atom stereocenters. The average Bonchev–Trinajstić information content (AvgIpc) is 3.25. The second-order valence-electron chi connectivity index (χ2n) is 7.13. The molecule has 9 nitrogen and oxygen atoms in total. The molecule has 3 aromatic heterocycles. The molecule has 4 heterocycles. The minimum absolute atomic E-state index is 0.0465. The third-order valence-corrected chi connectivity index (χ3v) is 5.19. The van der Waals surface area contributed by atoms with Crippen LogP contribution in [0, 0.1) is 0 Å². The Balaban J connectivity index is 1.40. The van der Waals surface area contributed by atoms with Gasteiger partial charge in [-0.2, -0.15) is 4.98 Å². The Kier molecular flexibility index (Phi) is 4.00. The molecular weight excluding hydrogens is 360 g/mol. The van der Waals surface area contributed by atoms with Gasteiger partial charge in [-0.15, -0.1) is 0 Å². The summed E-state index contributed by atoms with van der Waals surface area (Å²) in [5, 5.41) is 4.02. The second kappa shape index (κ2) is 6.66. The molecule has 2 fully saturated rings. The van der Waals surface area contributed by atoms with Crippen LogP contribution in [0.3, 0.4) is 0 Å². The van der Waals surface area contributed by atoms with Gasteiger partial charge < -0.3 is 14.4 Å². The van der Waals surface area contributed by atoms with Gasteiger partial charge in [-0.1, -0.05) is 5.16 Å². The van der Waals surface area contributed by atoms with Crippen LogP contribution >= 0.6 is 0 Å². The molecule has 142 valence electrons. The summed E-state index contributed by atoms with van der Waals surface area (Å²) in [4.78, 5) is 42.5. The number of rotatable bonds is 4. The van der Waals surface area contributed by atoms with Crippen molar-refractivity contribution in [2.45, 2.75) is 37.6 Å². The van der Waals surface area contributed by atoms with E-state index in [0.29, 0.717) is 36.4 Å². The van der Waals surface area contributed by atoms with Gasteiger partial charge in [0.2, 0.25) is 11.7 Å². The largest absolute Gasteiger partial charge is 0.337 e. The third kappa shape index (κ3) is 2.98. The Morgan fingerprint density at radius 2 is 2.04 bits per heavy atom. The van der Waals surface area contributed by atoms with Crippen LogP contribution in [0.4, 0.5) is 0 Å². The number of carbonyl (C=O) groups is 1. The Hall–Kier alpha value is -3.36. The summed E-state index contributed by atoms with van der Waals surface area (Å²) in [6.07, 6.45) is 8.26. The molecule has 0 radical (unpaired) electrons. The molecule has 0 bridgehead atoms. The summed E-state index contributed by atoms with van der Waals surface area (Å²) < 4.78 is 5.43. The maximum atomic E-state index is 13.0. The lowest BCUT2D eigenvalue weighted by atomic mass is 10.2. The lowest BCUT2D eigenvalue weighted by molar-refractivity contribution is 0.0707. The number of likely N-dealkylation sites (tertiary alicyclic amines) is 1. The van der Waals surface area contributed by atoms with E-state index in [4.69, 9.17) is 4.52 Å². The van der Waals surface area contributed by atoms with Crippen LogP contribution in [0.2, 0.25) is 0 Å². The number of amides is 1. The van der Waals surface area contributed by atoms with Crippen molar-refractivity contribution in [3.05, 3.63) is 58.4 Å². The third-order valence-electron chi connectivity index (χ3n) is 5.19. The van der Waals surface area contributed by atoms with E-state index in [1.54, 1.807) is 29.4 Å². The monoisotopic (exact) mass is 378 g/mol. The fourth-order valence-corrected chi connectivity index (χ4v) is 3.54. The number of H-pyrrole nitrogens is 1. The van der Waals surface area contributed by atoms with Crippen molar-refractivity contribution in [1.29, 1.82) is 0 Å². The van der Waals surface area contributed by atoms with Crippen molar-refractivity contribution in [1.82, 2.24) is 30.0 Å². The van der Waals surface area contributed by atoms with Crippen LogP contribution in [-0.4, -0.2) is 42.4 Å². The molecule has 2 aliphatic rings. The van der Waals surface area contributed by atoms with Gasteiger partial charge in [-0.05, 0) is 37.8 Å². The van der Waals surface area contributed by atoms with Gasteiger partial charge in [0.15, 0.2) is 0 Å². The molecule has 1 amide bonds. The van der Waals surface area contributed by atoms with Gasteiger partial charge in [0.05, 0.1) is 0 Å². The smallest absolute Gasteiger partial charge is 0.263 e. The van der Waals surface area contributed by atoms with E-state index in [1.165, 1.54) is 6.20 Å². The first-order chi connectivity index (χ1) is 13.7. The summed E-state index contributed by atoms with van der Waals surface area (Å²) in [7, 11) is 0. The molecule has 0 spiro atoms. The average molecular weight is 378 g/mol. The number of pyridine rings is 1. The van der Waals surface area contributed by atoms with Crippen molar-refractivity contribution in [3.8, 4) is 11.4 Å². The molecule has 1 saturated heterocycles. The Morgan fingerprint density at radius 1 is 1.21 bits per heavy atom. The van der Waals surface area contributed by atoms with E-state index in [1.807, 2.05) is 0 Å². The highest BCUT2D eigenvalue weighted by Gasteiger charge is 2.36. The molecule has 0 aromatic carbocycles. The van der Waals surface area contributed by atoms with Crippen molar-refractivity contribution in [2.75, 3.05) is 6.54 Å². The minimum Gasteiger partial charge on any atom is -0.337 e. The lowest BCUT2D eigenvalue weighted by Gasteiger charge is -2.21. The maximum absolute atomic E-state index is 13.0. The highest BCUT2D eigenvalue weighted by atomic mass is 16.5. The number of aromatic amines is 1. The number of nitrogens with one attached hydrogen (secondary N) is 1. The van der Waals surface area contributed by atoms with E-state index in [-0.39, 0.29) is 17.5 Å². The summed E-state index contributed by atoms with van der Waals surface area (Å²) in [5.74, 6) is 1.45. The summed E-state index contributed by atoms with van der Waals surface area (Å²) >= 11 is 0. The predicted molar refractivity (Wildman–Crippen MR) is 97.4 cm³/mol. The van der Waals surface area contributed by atoms with Gasteiger partial charge in [-0.25, -0.2) is 4.98 Å². The number of hydrogen-bond acceptors (Lipinski definition) is 7. The van der Waals surface area contributed by atoms with Crippen molar-refractivity contribution in [2.24, 2.45) is 0 Å². The molecule has 9 heteroatoms. The molecule has 1 N–H and O–H groups in total. The van der Waals surface area contributed by atoms with Crippen molar-refractivity contribution >= 4 is 5.91 Å². The highest BCUT2D eigenvalue weighted by molar-refractivity contribution is 5.94. The normalized spacial score (nSPS) is 19.1. The standard InChI is InChI=1S/C19H18N6O3/c26-17-13(10-21-15(22-17)11-3-4-11)19(27)25-9-1-2-14(25)18-23-16(24-28-18)12-5-7-20-8-6-12/h5-8,10-11,14H,1-4,9H2,(H,21,22,26). The molecule has 5 rings (SSSR count). The summed E-state index contributed by atoms with van der Waals surface area (Å²) in [6, 6.07) is 3.23. The zero-order valence-corrected chi connectivity index (χ0v) is 15.0. The first kappa shape index (κ1) is 16.8. The Labute approximate surface area is 159 Å². The van der Waals surface area contributed by atoms with E-state index in [0.717, 1.165) is 24.8 Å². The van der Waals surface area contributed by atoms with E-state index >= 15 is 0 Å². The second-order valence-corrected chi connectivity index (χ2v) is 7.13. The highest BCUT2D eigenvalue weighted by Crippen LogP contribution is 2.37. The van der Waals surface area contributed by atoms with E-state index in [9.17, 15) is 9.59 Å². The topological polar surface area (TPSA) is 118 Å². The van der Waals surface area contributed by atoms with Gasteiger partial charge in [0.25, 0.3) is 11.5 Å². The predicted octanol–water partition coefficient (Wildman–Crippen LogP) is 2.07. The van der Waals surface area contributed by atoms with Crippen molar-refractivity contribution in [3.63, 3.8) is 0 Å². The number of nitrogens with zero attached hydrogens (tertiary/aromatic N) is 5. The molecule has 3 aromatic rings. The minimum atomic E-state index is -0.393. The maximum Gasteiger partial charge on any atom is 0.263 e. The first-order valence-corrected chi connectivity index (χ1v) is 9.35. The molecule has 28 heavy (non-hydrogen) atoms. The van der Waals surface area contributed by atoms with Crippen LogP contribution in [0.1, 0.15) is 59.7 Å². The quantitative estimate of drug-likeness (QED) is 0.738. The zero-order chi connectivity index (χ0) is 19.1. The number of carbonyl (C=O) groups excluding carboxylic acids is 1. The van der Waals surface area contributed by atoms with Crippen LogP contribution < -0.4 is 5.56 Å². The zero-order valence-electron chi connectivity index (χ0n) is 15.0. The molecule has 1 unspecified atom stereocenters. The molecular formula is C19H18N6O3. The SMILES string of the molecule is O=C(c1cnc(C2CC2)[nH]c1=O)N1CCCC1c1nc(-c2ccncc2)no1. The van der Waals surface area contributed by atoms with Gasteiger partial charge in [0, 0.05) is 36.6 Å². The van der Waals surface area contributed by atoms with Crippen LogP contribution in [0.5, 0.6) is 0 Å². The van der Waals surface area contributed by atoms with E-state index < -0.39 is 5.56 Å². The lowest BCUT2D eigenvalue weighted by Crippen LogP contribution is -2.35. The van der Waals surface area contributed by atoms with Gasteiger partial charge >= 0.3 is 0 Å². The number of aromatic nitrogens is 5. The van der Waals surface area contributed by atoms with E-state index in [2.05, 4.69) is 25.1 Å². The van der Waals surface area contributed by atoms with Crippen LogP contribution in [0.25, 0.3) is 11.4 Å². The molecule has 1 aliphatic heterocycles. The summed E-state index contributed by atoms with van der Waals surface area (Å²) in [5.41, 5.74) is 0.443. The Bertz CT molecular complexity index is 1070. The molecule has 1 saturated carbocycles. The van der Waals surface area contributed by atoms with Gasteiger partial charge in [0.1, 0.15) is 17.4 Å². The van der Waals surface area contributed by atoms with Crippen LogP contribution in [-0.2, 0) is 0 Å². The number of hydrogen-bond donors (Lipinski definition) is 1. The first-order valence-electron chi connectivity index (χ1n) is 9.35. The fraction of sp³-hybridized carbons (Fsp3) is 0.368.